The highest BCUT2D eigenvalue weighted by atomic mass is 32.1. The monoisotopic (exact) mass is 314 g/mol. The van der Waals surface area contributed by atoms with Crippen molar-refractivity contribution in [1.29, 1.82) is 0 Å². The van der Waals surface area contributed by atoms with Crippen LogP contribution in [0.3, 0.4) is 0 Å². The average Bonchev–Trinajstić information content (AvgIpc) is 2.97. The van der Waals surface area contributed by atoms with E-state index < -0.39 is 0 Å². The molecule has 0 saturated carbocycles. The summed E-state index contributed by atoms with van der Waals surface area (Å²) in [6, 6.07) is 0. The van der Waals surface area contributed by atoms with Crippen LogP contribution in [0.1, 0.15) is 28.5 Å². The van der Waals surface area contributed by atoms with E-state index in [0.717, 1.165) is 23.5 Å². The zero-order valence-corrected chi connectivity index (χ0v) is 13.5. The van der Waals surface area contributed by atoms with Crippen molar-refractivity contribution in [2.24, 2.45) is 0 Å². The maximum atomic E-state index is 12.5. The largest absolute Gasteiger partial charge is 0.339 e. The van der Waals surface area contributed by atoms with E-state index in [9.17, 15) is 4.79 Å². The molecule has 0 N–H and O–H groups in total. The van der Waals surface area contributed by atoms with Gasteiger partial charge in [-0.25, -0.2) is 9.50 Å². The van der Waals surface area contributed by atoms with Gasteiger partial charge in [0, 0.05) is 13.6 Å². The Bertz CT molecular complexity index is 781. The summed E-state index contributed by atoms with van der Waals surface area (Å²) in [4.78, 5) is 19.3. The Labute approximate surface area is 133 Å². The van der Waals surface area contributed by atoms with Crippen molar-refractivity contribution >= 4 is 22.1 Å². The predicted octanol–water partition coefficient (Wildman–Crippen LogP) is 3.00. The van der Waals surface area contributed by atoms with E-state index in [1.165, 1.54) is 16.9 Å². The molecule has 0 fully saturated rings. The van der Waals surface area contributed by atoms with Crippen LogP contribution in [-0.2, 0) is 0 Å². The second-order valence-electron chi connectivity index (χ2n) is 5.24. The number of carbonyl (C=O) groups excluding carboxylic acids is 1. The molecule has 1 aliphatic carbocycles. The van der Waals surface area contributed by atoms with Gasteiger partial charge in [0.1, 0.15) is 10.7 Å². The van der Waals surface area contributed by atoms with Gasteiger partial charge in [-0.2, -0.15) is 0 Å². The van der Waals surface area contributed by atoms with Gasteiger partial charge in [0.2, 0.25) is 5.01 Å². The Balaban J connectivity index is 1.65. The minimum atomic E-state index is -0.0376. The molecule has 0 atom stereocenters. The quantitative estimate of drug-likeness (QED) is 0.871. The maximum Gasteiger partial charge on any atom is 0.284 e. The normalized spacial score (nSPS) is 14.2. The number of nitrogens with zero attached hydrogens (tertiary/aromatic N) is 4. The molecule has 0 radical (unpaired) electrons. The maximum absolute atomic E-state index is 12.5. The molecule has 5 nitrogen and oxygen atoms in total. The lowest BCUT2D eigenvalue weighted by Crippen LogP contribution is -2.28. The van der Waals surface area contributed by atoms with Crippen LogP contribution in [0.2, 0.25) is 0 Å². The van der Waals surface area contributed by atoms with Crippen molar-refractivity contribution in [2.75, 3.05) is 13.6 Å². The molecule has 3 rings (SSSR count). The molecule has 2 aromatic heterocycles. The van der Waals surface area contributed by atoms with Gasteiger partial charge in [-0.05, 0) is 25.3 Å². The third-order valence-electron chi connectivity index (χ3n) is 3.61. The number of fused-ring (bicyclic) bond motifs is 1. The van der Waals surface area contributed by atoms with Crippen molar-refractivity contribution in [3.63, 3.8) is 0 Å². The van der Waals surface area contributed by atoms with E-state index in [1.54, 1.807) is 15.6 Å². The SMILES string of the molecule is Cc1ncc2sc(C(=O)N(C)CCC3=CCC=CC=C3)nn12. The van der Waals surface area contributed by atoms with E-state index in [0.29, 0.717) is 11.6 Å². The summed E-state index contributed by atoms with van der Waals surface area (Å²) in [5.74, 6) is 0.763. The lowest BCUT2D eigenvalue weighted by atomic mass is 10.1. The minimum absolute atomic E-state index is 0.0376. The first kappa shape index (κ1) is 14.7. The van der Waals surface area contributed by atoms with E-state index in [4.69, 9.17) is 0 Å². The molecule has 114 valence electrons. The predicted molar refractivity (Wildman–Crippen MR) is 88.2 cm³/mol. The van der Waals surface area contributed by atoms with Crippen LogP contribution >= 0.6 is 11.3 Å². The molecule has 0 bridgehead atoms. The molecule has 0 aromatic carbocycles. The van der Waals surface area contributed by atoms with E-state index in [2.05, 4.69) is 28.3 Å². The van der Waals surface area contributed by atoms with Crippen LogP contribution in [0.15, 0.2) is 42.2 Å². The van der Waals surface area contributed by atoms with E-state index in [-0.39, 0.29) is 5.91 Å². The Kier molecular flexibility index (Phi) is 4.20. The average molecular weight is 314 g/mol. The number of aryl methyl sites for hydroxylation is 1. The molecule has 2 aromatic rings. The first-order chi connectivity index (χ1) is 10.6. The number of allylic oxidation sites excluding steroid dienone is 5. The molecule has 0 saturated heterocycles. The Hall–Kier alpha value is -2.21. The van der Waals surface area contributed by atoms with Crippen molar-refractivity contribution in [2.45, 2.75) is 19.8 Å². The molecule has 6 heteroatoms. The summed E-state index contributed by atoms with van der Waals surface area (Å²) in [6.45, 7) is 2.56. The number of aromatic nitrogens is 3. The zero-order valence-electron chi connectivity index (χ0n) is 12.7. The highest BCUT2D eigenvalue weighted by Gasteiger charge is 2.18. The second kappa shape index (κ2) is 6.27. The first-order valence-corrected chi connectivity index (χ1v) is 8.05. The fourth-order valence-corrected chi connectivity index (χ4v) is 3.20. The number of imidazole rings is 1. The fraction of sp³-hybridized carbons (Fsp3) is 0.312. The van der Waals surface area contributed by atoms with Crippen LogP contribution in [0, 0.1) is 6.92 Å². The molecule has 1 aliphatic rings. The number of carbonyl (C=O) groups is 1. The van der Waals surface area contributed by atoms with Crippen LogP contribution in [-0.4, -0.2) is 39.0 Å². The number of amides is 1. The van der Waals surface area contributed by atoms with Gasteiger partial charge in [-0.3, -0.25) is 4.79 Å². The standard InChI is InChI=1S/C16H18N4OS/c1-12-17-11-14-20(12)18-15(22-14)16(21)19(2)10-9-13-7-5-3-4-6-8-13/h3-5,7-8,11H,6,9-10H2,1-2H3. The number of rotatable bonds is 4. The lowest BCUT2D eigenvalue weighted by Gasteiger charge is -2.15. The van der Waals surface area contributed by atoms with Crippen molar-refractivity contribution in [1.82, 2.24) is 19.5 Å². The highest BCUT2D eigenvalue weighted by Crippen LogP contribution is 2.18. The summed E-state index contributed by atoms with van der Waals surface area (Å²) >= 11 is 1.38. The number of hydrogen-bond acceptors (Lipinski definition) is 4. The fourth-order valence-electron chi connectivity index (χ4n) is 2.28. The molecule has 1 amide bonds. The van der Waals surface area contributed by atoms with Gasteiger partial charge in [-0.1, -0.05) is 41.7 Å². The second-order valence-corrected chi connectivity index (χ2v) is 6.25. The first-order valence-electron chi connectivity index (χ1n) is 7.24. The van der Waals surface area contributed by atoms with Crippen molar-refractivity contribution in [3.05, 3.63) is 53.0 Å². The molecule has 0 aliphatic heterocycles. The minimum Gasteiger partial charge on any atom is -0.339 e. The van der Waals surface area contributed by atoms with Crippen LogP contribution in [0.5, 0.6) is 0 Å². The van der Waals surface area contributed by atoms with Crippen LogP contribution < -0.4 is 0 Å². The van der Waals surface area contributed by atoms with Gasteiger partial charge in [0.05, 0.1) is 6.20 Å². The molecule has 22 heavy (non-hydrogen) atoms. The van der Waals surface area contributed by atoms with E-state index in [1.807, 2.05) is 26.1 Å². The van der Waals surface area contributed by atoms with E-state index >= 15 is 0 Å². The molecule has 0 unspecified atom stereocenters. The molecule has 0 spiro atoms. The topological polar surface area (TPSA) is 50.5 Å². The van der Waals surface area contributed by atoms with Crippen molar-refractivity contribution in [3.8, 4) is 0 Å². The van der Waals surface area contributed by atoms with Crippen molar-refractivity contribution < 1.29 is 4.79 Å². The molecular formula is C16H18N4OS. The third-order valence-corrected chi connectivity index (χ3v) is 4.55. The molecule has 2 heterocycles. The summed E-state index contributed by atoms with van der Waals surface area (Å²) in [5, 5.41) is 4.86. The molecular weight excluding hydrogens is 296 g/mol. The van der Waals surface area contributed by atoms with Gasteiger partial charge < -0.3 is 4.90 Å². The summed E-state index contributed by atoms with van der Waals surface area (Å²) in [6.07, 6.45) is 14.1. The van der Waals surface area contributed by atoms with Gasteiger partial charge >= 0.3 is 0 Å². The Morgan fingerprint density at radius 2 is 2.32 bits per heavy atom. The van der Waals surface area contributed by atoms with Gasteiger partial charge in [0.25, 0.3) is 5.91 Å². The zero-order chi connectivity index (χ0) is 15.5. The summed E-state index contributed by atoms with van der Waals surface area (Å²) in [5.41, 5.74) is 1.26. The summed E-state index contributed by atoms with van der Waals surface area (Å²) in [7, 11) is 1.82. The van der Waals surface area contributed by atoms with Crippen LogP contribution in [0.4, 0.5) is 0 Å². The Morgan fingerprint density at radius 1 is 1.45 bits per heavy atom. The highest BCUT2D eigenvalue weighted by molar-refractivity contribution is 7.18. The lowest BCUT2D eigenvalue weighted by molar-refractivity contribution is 0.0795. The van der Waals surface area contributed by atoms with Gasteiger partial charge in [0.15, 0.2) is 0 Å². The summed E-state index contributed by atoms with van der Waals surface area (Å²) < 4.78 is 1.72. The van der Waals surface area contributed by atoms with Crippen LogP contribution in [0.25, 0.3) is 4.83 Å². The smallest absolute Gasteiger partial charge is 0.284 e. The third kappa shape index (κ3) is 3.01. The number of hydrogen-bond donors (Lipinski definition) is 0. The Morgan fingerprint density at radius 3 is 3.14 bits per heavy atom. The van der Waals surface area contributed by atoms with Gasteiger partial charge in [-0.15, -0.1) is 5.10 Å².